The zero-order valence-electron chi connectivity index (χ0n) is 13.5. The molecule has 4 atom stereocenters. The van der Waals surface area contributed by atoms with Crippen LogP contribution in [0.4, 0.5) is 0 Å². The topological polar surface area (TPSA) is 63.7 Å². The molecule has 2 aliphatic rings. The summed E-state index contributed by atoms with van der Waals surface area (Å²) in [6.45, 7) is 0. The highest BCUT2D eigenvalue weighted by atomic mass is 32.2. The molecule has 23 heavy (non-hydrogen) atoms. The summed E-state index contributed by atoms with van der Waals surface area (Å²) in [6, 6.07) is 9.79. The van der Waals surface area contributed by atoms with E-state index in [0.717, 1.165) is 25.5 Å². The highest BCUT2D eigenvalue weighted by Crippen LogP contribution is 2.38. The molecule has 2 bridgehead atoms. The second kappa shape index (κ2) is 6.24. The fourth-order valence-electron chi connectivity index (χ4n) is 3.85. The average Bonchev–Trinajstić information content (AvgIpc) is 2.99. The van der Waals surface area contributed by atoms with Crippen molar-refractivity contribution in [3.8, 4) is 0 Å². The summed E-state index contributed by atoms with van der Waals surface area (Å²) in [5.74, 6) is -1.39. The standard InChI is InChI=1S/C17H23NO4S/c1-18-13-8-9-15(18)16(10-13)22-17(19)14(11-23(2,20)21)12-6-4-3-5-7-12/h3-7,13-16H,8-11H2,1-2H3/t13-,14-,15+,16+/m1/s1. The van der Waals surface area contributed by atoms with Gasteiger partial charge in [0.2, 0.25) is 0 Å². The Morgan fingerprint density at radius 2 is 2.00 bits per heavy atom. The first-order valence-electron chi connectivity index (χ1n) is 8.00. The van der Waals surface area contributed by atoms with Crippen LogP contribution in [0.3, 0.4) is 0 Å². The monoisotopic (exact) mass is 337 g/mol. The van der Waals surface area contributed by atoms with Gasteiger partial charge in [0.05, 0.1) is 11.7 Å². The summed E-state index contributed by atoms with van der Waals surface area (Å²) in [5.41, 5.74) is 0.694. The van der Waals surface area contributed by atoms with E-state index < -0.39 is 21.7 Å². The van der Waals surface area contributed by atoms with Crippen LogP contribution in [0.15, 0.2) is 30.3 Å². The van der Waals surface area contributed by atoms with Crippen LogP contribution in [0, 0.1) is 0 Å². The maximum Gasteiger partial charge on any atom is 0.314 e. The third-order valence-electron chi connectivity index (χ3n) is 5.05. The maximum absolute atomic E-state index is 12.7. The number of fused-ring (bicyclic) bond motifs is 2. The van der Waals surface area contributed by atoms with Crippen molar-refractivity contribution in [3.63, 3.8) is 0 Å². The molecule has 0 saturated carbocycles. The fraction of sp³-hybridized carbons (Fsp3) is 0.588. The molecule has 0 aromatic heterocycles. The lowest BCUT2D eigenvalue weighted by molar-refractivity contribution is -0.151. The van der Waals surface area contributed by atoms with Gasteiger partial charge in [0.25, 0.3) is 0 Å². The van der Waals surface area contributed by atoms with Crippen LogP contribution in [0.25, 0.3) is 0 Å². The fourth-order valence-corrected chi connectivity index (χ4v) is 4.78. The molecule has 2 fully saturated rings. The summed E-state index contributed by atoms with van der Waals surface area (Å²) < 4.78 is 29.2. The molecule has 2 heterocycles. The van der Waals surface area contributed by atoms with Gasteiger partial charge in [-0.3, -0.25) is 9.69 Å². The van der Waals surface area contributed by atoms with Gasteiger partial charge >= 0.3 is 5.97 Å². The van der Waals surface area contributed by atoms with E-state index in [2.05, 4.69) is 11.9 Å². The average molecular weight is 337 g/mol. The molecule has 1 aromatic rings. The molecule has 0 spiro atoms. The lowest BCUT2D eigenvalue weighted by Crippen LogP contribution is -2.35. The van der Waals surface area contributed by atoms with Crippen LogP contribution in [-0.2, 0) is 19.4 Å². The van der Waals surface area contributed by atoms with Gasteiger partial charge in [0.15, 0.2) is 0 Å². The van der Waals surface area contributed by atoms with Gasteiger partial charge in [0, 0.05) is 24.8 Å². The first kappa shape index (κ1) is 16.5. The van der Waals surface area contributed by atoms with E-state index in [1.807, 2.05) is 18.2 Å². The van der Waals surface area contributed by atoms with Crippen molar-refractivity contribution in [2.45, 2.75) is 43.4 Å². The molecule has 0 aliphatic carbocycles. The third kappa shape index (κ3) is 3.58. The minimum Gasteiger partial charge on any atom is -0.460 e. The second-order valence-electron chi connectivity index (χ2n) is 6.73. The quantitative estimate of drug-likeness (QED) is 0.764. The van der Waals surface area contributed by atoms with Crippen LogP contribution in [0.5, 0.6) is 0 Å². The van der Waals surface area contributed by atoms with Gasteiger partial charge in [-0.1, -0.05) is 30.3 Å². The molecule has 2 saturated heterocycles. The molecule has 2 aliphatic heterocycles. The van der Waals surface area contributed by atoms with Gasteiger partial charge in [-0.15, -0.1) is 0 Å². The lowest BCUT2D eigenvalue weighted by atomic mass is 9.97. The summed E-state index contributed by atoms with van der Waals surface area (Å²) in [5, 5.41) is 0. The minimum atomic E-state index is -3.28. The second-order valence-corrected chi connectivity index (χ2v) is 8.92. The van der Waals surface area contributed by atoms with E-state index in [1.165, 1.54) is 0 Å². The molecular weight excluding hydrogens is 314 g/mol. The van der Waals surface area contributed by atoms with Gasteiger partial charge in [-0.05, 0) is 25.5 Å². The normalized spacial score (nSPS) is 28.7. The predicted molar refractivity (Wildman–Crippen MR) is 88.0 cm³/mol. The van der Waals surface area contributed by atoms with Crippen molar-refractivity contribution in [2.75, 3.05) is 19.1 Å². The number of esters is 1. The number of carbonyl (C=O) groups excluding carboxylic acids is 1. The van der Waals surface area contributed by atoms with E-state index in [1.54, 1.807) is 12.1 Å². The van der Waals surface area contributed by atoms with Crippen molar-refractivity contribution < 1.29 is 17.9 Å². The Labute approximate surface area is 137 Å². The molecule has 6 heteroatoms. The van der Waals surface area contributed by atoms with Crippen LogP contribution in [0.1, 0.15) is 30.7 Å². The lowest BCUT2D eigenvalue weighted by Gasteiger charge is -2.24. The predicted octanol–water partition coefficient (Wildman–Crippen LogP) is 1.59. The number of nitrogens with zero attached hydrogens (tertiary/aromatic N) is 1. The highest BCUT2D eigenvalue weighted by Gasteiger charge is 2.46. The first-order chi connectivity index (χ1) is 10.8. The number of hydrogen-bond donors (Lipinski definition) is 0. The van der Waals surface area contributed by atoms with Crippen LogP contribution in [-0.4, -0.2) is 56.5 Å². The van der Waals surface area contributed by atoms with E-state index in [9.17, 15) is 13.2 Å². The number of hydrogen-bond acceptors (Lipinski definition) is 5. The Balaban J connectivity index is 1.76. The van der Waals surface area contributed by atoms with Gasteiger partial charge in [-0.2, -0.15) is 0 Å². The summed E-state index contributed by atoms with van der Waals surface area (Å²) in [6.07, 6.45) is 4.09. The zero-order chi connectivity index (χ0) is 16.6. The van der Waals surface area contributed by atoms with Crippen molar-refractivity contribution in [1.29, 1.82) is 0 Å². The zero-order valence-corrected chi connectivity index (χ0v) is 14.3. The molecular formula is C17H23NO4S. The van der Waals surface area contributed by atoms with E-state index in [-0.39, 0.29) is 17.9 Å². The molecule has 1 aromatic carbocycles. The Kier molecular flexibility index (Phi) is 4.47. The van der Waals surface area contributed by atoms with E-state index in [0.29, 0.717) is 11.6 Å². The van der Waals surface area contributed by atoms with Crippen LogP contribution >= 0.6 is 0 Å². The van der Waals surface area contributed by atoms with Crippen LogP contribution < -0.4 is 0 Å². The smallest absolute Gasteiger partial charge is 0.314 e. The molecule has 0 N–H and O–H groups in total. The number of benzene rings is 1. The van der Waals surface area contributed by atoms with Crippen LogP contribution in [0.2, 0.25) is 0 Å². The Morgan fingerprint density at radius 3 is 2.52 bits per heavy atom. The van der Waals surface area contributed by atoms with E-state index in [4.69, 9.17) is 4.74 Å². The number of ether oxygens (including phenoxy) is 1. The Hall–Kier alpha value is -1.40. The number of carbonyl (C=O) groups is 1. The number of rotatable bonds is 5. The van der Waals surface area contributed by atoms with Crippen molar-refractivity contribution >= 4 is 15.8 Å². The Bertz CT molecular complexity index is 673. The molecule has 0 radical (unpaired) electrons. The number of likely N-dealkylation sites (N-methyl/N-ethyl adjacent to an activating group) is 1. The SMILES string of the molecule is CN1[C@@H]2CC[C@H]1[C@@H](OC(=O)[C@H](CS(C)(=O)=O)c1ccccc1)C2. The summed E-state index contributed by atoms with van der Waals surface area (Å²) >= 11 is 0. The molecule has 5 nitrogen and oxygen atoms in total. The molecule has 0 amide bonds. The van der Waals surface area contributed by atoms with E-state index >= 15 is 0 Å². The first-order valence-corrected chi connectivity index (χ1v) is 10.1. The molecule has 0 unspecified atom stereocenters. The van der Waals surface area contributed by atoms with Crippen molar-refractivity contribution in [3.05, 3.63) is 35.9 Å². The van der Waals surface area contributed by atoms with Gasteiger partial charge in [-0.25, -0.2) is 8.42 Å². The van der Waals surface area contributed by atoms with Gasteiger partial charge < -0.3 is 4.74 Å². The van der Waals surface area contributed by atoms with Crippen molar-refractivity contribution in [1.82, 2.24) is 4.90 Å². The summed E-state index contributed by atoms with van der Waals surface area (Å²) in [7, 11) is -1.21. The maximum atomic E-state index is 12.7. The highest BCUT2D eigenvalue weighted by molar-refractivity contribution is 7.90. The largest absolute Gasteiger partial charge is 0.460 e. The molecule has 126 valence electrons. The van der Waals surface area contributed by atoms with Crippen molar-refractivity contribution in [2.24, 2.45) is 0 Å². The minimum absolute atomic E-state index is 0.114. The number of sulfone groups is 1. The third-order valence-corrected chi connectivity index (χ3v) is 5.99. The summed E-state index contributed by atoms with van der Waals surface area (Å²) in [4.78, 5) is 14.9. The molecule has 3 rings (SSSR count). The van der Waals surface area contributed by atoms with Gasteiger partial charge in [0.1, 0.15) is 15.9 Å². The Morgan fingerprint density at radius 1 is 1.30 bits per heavy atom.